The Labute approximate surface area is 126 Å². The van der Waals surface area contributed by atoms with Gasteiger partial charge in [-0.25, -0.2) is 0 Å². The molecule has 0 aromatic heterocycles. The number of benzene rings is 1. The molecule has 1 aromatic rings. The van der Waals surface area contributed by atoms with Crippen molar-refractivity contribution in [3.05, 3.63) is 35.4 Å². The van der Waals surface area contributed by atoms with Crippen LogP contribution in [0.1, 0.15) is 47.4 Å². The lowest BCUT2D eigenvalue weighted by atomic mass is 9.94. The fourth-order valence-corrected chi connectivity index (χ4v) is 1.91. The summed E-state index contributed by atoms with van der Waals surface area (Å²) >= 11 is 0. The molecule has 3 N–H and O–H groups in total. The Morgan fingerprint density at radius 2 is 1.76 bits per heavy atom. The maximum Gasteiger partial charge on any atom is 0.253 e. The lowest BCUT2D eigenvalue weighted by molar-refractivity contribution is 0.0827. The quantitative estimate of drug-likeness (QED) is 0.836. The van der Waals surface area contributed by atoms with Gasteiger partial charge in [-0.05, 0) is 31.0 Å². The van der Waals surface area contributed by atoms with E-state index in [1.807, 2.05) is 13.8 Å². The van der Waals surface area contributed by atoms with Gasteiger partial charge in [0.2, 0.25) is 0 Å². The van der Waals surface area contributed by atoms with Crippen LogP contribution in [0.25, 0.3) is 0 Å². The Kier molecular flexibility index (Phi) is 5.90. The Morgan fingerprint density at radius 3 is 2.29 bits per heavy atom. The van der Waals surface area contributed by atoms with Crippen molar-refractivity contribution in [1.82, 2.24) is 10.2 Å². The van der Waals surface area contributed by atoms with E-state index < -0.39 is 0 Å². The molecule has 0 bridgehead atoms. The van der Waals surface area contributed by atoms with Crippen molar-refractivity contribution in [2.24, 2.45) is 5.73 Å². The van der Waals surface area contributed by atoms with Crippen molar-refractivity contribution in [2.45, 2.75) is 32.2 Å². The van der Waals surface area contributed by atoms with Crippen LogP contribution in [0.4, 0.5) is 0 Å². The molecule has 0 unspecified atom stereocenters. The molecule has 0 atom stereocenters. The third-order valence-electron chi connectivity index (χ3n) is 3.79. The molecule has 5 nitrogen and oxygen atoms in total. The van der Waals surface area contributed by atoms with Crippen LogP contribution >= 0.6 is 0 Å². The molecule has 0 aliphatic heterocycles. The van der Waals surface area contributed by atoms with Gasteiger partial charge in [-0.2, -0.15) is 0 Å². The number of nitrogens with one attached hydrogen (secondary N) is 1. The zero-order valence-electron chi connectivity index (χ0n) is 13.3. The van der Waals surface area contributed by atoms with Gasteiger partial charge in [0.15, 0.2) is 0 Å². The number of carbonyl (C=O) groups is 2. The topological polar surface area (TPSA) is 75.4 Å². The van der Waals surface area contributed by atoms with Gasteiger partial charge in [0, 0.05) is 37.3 Å². The third kappa shape index (κ3) is 4.56. The fourth-order valence-electron chi connectivity index (χ4n) is 1.91. The van der Waals surface area contributed by atoms with Gasteiger partial charge in [-0.15, -0.1) is 0 Å². The highest BCUT2D eigenvalue weighted by atomic mass is 16.2. The van der Waals surface area contributed by atoms with Crippen molar-refractivity contribution < 1.29 is 9.59 Å². The smallest absolute Gasteiger partial charge is 0.253 e. The van der Waals surface area contributed by atoms with Gasteiger partial charge in [-0.1, -0.05) is 19.9 Å². The van der Waals surface area contributed by atoms with Crippen LogP contribution in [0.15, 0.2) is 24.3 Å². The number of rotatable bonds is 6. The number of hydrogen-bond donors (Lipinski definition) is 2. The van der Waals surface area contributed by atoms with E-state index in [9.17, 15) is 9.59 Å². The summed E-state index contributed by atoms with van der Waals surface area (Å²) in [6, 6.07) is 6.71. The van der Waals surface area contributed by atoms with Crippen LogP contribution in [0, 0.1) is 0 Å². The molecule has 0 aliphatic rings. The molecule has 1 rings (SSSR count). The van der Waals surface area contributed by atoms with E-state index in [0.717, 1.165) is 12.8 Å². The number of amides is 2. The number of nitrogens with zero attached hydrogens (tertiary/aromatic N) is 1. The van der Waals surface area contributed by atoms with Crippen molar-refractivity contribution in [3.8, 4) is 0 Å². The number of nitrogens with two attached hydrogens (primary N) is 1. The Balaban J connectivity index is 2.80. The van der Waals surface area contributed by atoms with E-state index in [0.29, 0.717) is 17.7 Å². The molecule has 2 amide bonds. The van der Waals surface area contributed by atoms with E-state index in [1.54, 1.807) is 38.4 Å². The molecule has 0 radical (unpaired) electrons. The predicted molar refractivity (Wildman–Crippen MR) is 84.3 cm³/mol. The minimum atomic E-state index is -0.382. The average molecular weight is 291 g/mol. The van der Waals surface area contributed by atoms with E-state index in [-0.39, 0.29) is 17.4 Å². The summed E-state index contributed by atoms with van der Waals surface area (Å²) in [5.41, 5.74) is 6.75. The molecular formula is C16H25N3O2. The highest BCUT2D eigenvalue weighted by Gasteiger charge is 2.21. The molecule has 5 heteroatoms. The average Bonchev–Trinajstić information content (AvgIpc) is 2.51. The van der Waals surface area contributed by atoms with Gasteiger partial charge in [-0.3, -0.25) is 9.59 Å². The Hall–Kier alpha value is -1.88. The van der Waals surface area contributed by atoms with Gasteiger partial charge < -0.3 is 16.0 Å². The summed E-state index contributed by atoms with van der Waals surface area (Å²) < 4.78 is 0. The van der Waals surface area contributed by atoms with E-state index in [1.165, 1.54) is 4.90 Å². The summed E-state index contributed by atoms with van der Waals surface area (Å²) in [6.07, 6.45) is 1.59. The number of hydrogen-bond acceptors (Lipinski definition) is 3. The summed E-state index contributed by atoms with van der Waals surface area (Å²) in [5, 5.41) is 2.85. The second-order valence-corrected chi connectivity index (χ2v) is 5.53. The third-order valence-corrected chi connectivity index (χ3v) is 3.79. The summed E-state index contributed by atoms with van der Waals surface area (Å²) in [4.78, 5) is 25.6. The van der Waals surface area contributed by atoms with Gasteiger partial charge in [0.05, 0.1) is 0 Å². The molecule has 0 fully saturated rings. The zero-order chi connectivity index (χ0) is 16.0. The second-order valence-electron chi connectivity index (χ2n) is 5.53. The summed E-state index contributed by atoms with van der Waals surface area (Å²) in [5.74, 6) is -0.333. The predicted octanol–water partition coefficient (Wildman–Crippen LogP) is 1.64. The molecule has 0 saturated carbocycles. The van der Waals surface area contributed by atoms with Gasteiger partial charge >= 0.3 is 0 Å². The van der Waals surface area contributed by atoms with E-state index in [2.05, 4.69) is 5.32 Å². The summed E-state index contributed by atoms with van der Waals surface area (Å²) in [6.45, 7) is 4.43. The molecule has 116 valence electrons. The highest BCUT2D eigenvalue weighted by Crippen LogP contribution is 2.11. The van der Waals surface area contributed by atoms with Gasteiger partial charge in [0.1, 0.15) is 0 Å². The maximum absolute atomic E-state index is 12.2. The molecule has 1 aromatic carbocycles. The summed E-state index contributed by atoms with van der Waals surface area (Å²) in [7, 11) is 3.36. The van der Waals surface area contributed by atoms with Crippen LogP contribution in [0.5, 0.6) is 0 Å². The van der Waals surface area contributed by atoms with Crippen LogP contribution < -0.4 is 11.1 Å². The minimum absolute atomic E-state index is 0.125. The first kappa shape index (κ1) is 17.2. The normalized spacial score (nSPS) is 11.1. The minimum Gasteiger partial charge on any atom is -0.350 e. The lowest BCUT2D eigenvalue weighted by Gasteiger charge is -2.26. The monoisotopic (exact) mass is 291 g/mol. The van der Waals surface area contributed by atoms with Crippen LogP contribution in [-0.4, -0.2) is 42.9 Å². The lowest BCUT2D eigenvalue weighted by Crippen LogP contribution is -2.49. The van der Waals surface area contributed by atoms with E-state index >= 15 is 0 Å². The van der Waals surface area contributed by atoms with Crippen LogP contribution in [-0.2, 0) is 0 Å². The number of carbonyl (C=O) groups excluding carboxylic acids is 2. The van der Waals surface area contributed by atoms with Crippen LogP contribution in [0.3, 0.4) is 0 Å². The largest absolute Gasteiger partial charge is 0.350 e. The molecule has 0 heterocycles. The van der Waals surface area contributed by atoms with Crippen molar-refractivity contribution >= 4 is 11.8 Å². The van der Waals surface area contributed by atoms with Gasteiger partial charge in [0.25, 0.3) is 11.8 Å². The Morgan fingerprint density at radius 1 is 1.19 bits per heavy atom. The van der Waals surface area contributed by atoms with Crippen molar-refractivity contribution in [3.63, 3.8) is 0 Å². The first-order valence-electron chi connectivity index (χ1n) is 7.21. The van der Waals surface area contributed by atoms with Crippen LogP contribution in [0.2, 0.25) is 0 Å². The van der Waals surface area contributed by atoms with Crippen molar-refractivity contribution in [2.75, 3.05) is 20.6 Å². The van der Waals surface area contributed by atoms with E-state index in [4.69, 9.17) is 5.73 Å². The molecule has 0 spiro atoms. The van der Waals surface area contributed by atoms with Crippen molar-refractivity contribution in [1.29, 1.82) is 0 Å². The zero-order valence-corrected chi connectivity index (χ0v) is 13.3. The molecular weight excluding hydrogens is 266 g/mol. The molecule has 0 saturated heterocycles. The second kappa shape index (κ2) is 7.22. The molecule has 0 aliphatic carbocycles. The molecule has 21 heavy (non-hydrogen) atoms. The Bertz CT molecular complexity index is 508. The SMILES string of the molecule is CCC(N)(CC)CNC(=O)c1cccc(C(=O)N(C)C)c1. The fraction of sp³-hybridized carbons (Fsp3) is 0.500. The standard InChI is InChI=1S/C16H25N3O2/c1-5-16(17,6-2)11-18-14(20)12-8-7-9-13(10-12)15(21)19(3)4/h7-10H,5-6,11,17H2,1-4H3,(H,18,20). The first-order valence-corrected chi connectivity index (χ1v) is 7.21. The highest BCUT2D eigenvalue weighted by molar-refractivity contribution is 5.99. The maximum atomic E-state index is 12.2. The first-order chi connectivity index (χ1) is 9.83.